The Bertz CT molecular complexity index is 1040. The summed E-state index contributed by atoms with van der Waals surface area (Å²) in [6, 6.07) is 5.66. The molecule has 1 fully saturated rings. The maximum Gasteiger partial charge on any atom is 0.389 e. The zero-order valence-electron chi connectivity index (χ0n) is 14.4. The van der Waals surface area contributed by atoms with Crippen LogP contribution in [0.25, 0.3) is 10.8 Å². The minimum Gasteiger partial charge on any atom is -0.506 e. The van der Waals surface area contributed by atoms with E-state index in [1.807, 2.05) is 0 Å². The largest absolute Gasteiger partial charge is 0.506 e. The van der Waals surface area contributed by atoms with Crippen LogP contribution in [-0.4, -0.2) is 32.2 Å². The number of hydrogen-bond acceptors (Lipinski definition) is 4. The van der Waals surface area contributed by atoms with Gasteiger partial charge in [-0.05, 0) is 42.3 Å². The first kappa shape index (κ1) is 20.2. The van der Waals surface area contributed by atoms with Crippen LogP contribution < -0.4 is 9.03 Å². The van der Waals surface area contributed by atoms with Crippen molar-refractivity contribution in [2.24, 2.45) is 0 Å². The molecule has 2 aromatic carbocycles. The molecular weight excluding hydrogens is 404 g/mol. The minimum atomic E-state index is -4.32. The first-order chi connectivity index (χ1) is 13.0. The third kappa shape index (κ3) is 4.13. The first-order valence-corrected chi connectivity index (χ1v) is 9.76. The smallest absolute Gasteiger partial charge is 0.389 e. The lowest BCUT2D eigenvalue weighted by atomic mass is 10.0. The molecule has 2 aromatic rings. The van der Waals surface area contributed by atoms with Gasteiger partial charge in [0.05, 0.1) is 0 Å². The standard InChI is InChI=1S/C17H16F4N2O4S/c18-15-12-7-10(3-1-2-6-17(19,20)21)4-5-11(12)8-13(24)16(15)23-9-14(25)22-28(23,26)27/h4-5,7-8,24H,1-3,6,9H2,(H,22,25). The van der Waals surface area contributed by atoms with Gasteiger partial charge in [-0.25, -0.2) is 13.4 Å². The summed E-state index contributed by atoms with van der Waals surface area (Å²) in [5.41, 5.74) is -0.0798. The molecule has 1 heterocycles. The van der Waals surface area contributed by atoms with Crippen molar-refractivity contribution in [3.05, 3.63) is 35.6 Å². The summed E-state index contributed by atoms with van der Waals surface area (Å²) in [6.45, 7) is -0.671. The fourth-order valence-electron chi connectivity index (χ4n) is 3.07. The Hall–Kier alpha value is -2.56. The van der Waals surface area contributed by atoms with Crippen LogP contribution in [0.2, 0.25) is 0 Å². The van der Waals surface area contributed by atoms with Crippen LogP contribution in [0.15, 0.2) is 24.3 Å². The second-order valence-electron chi connectivity index (χ2n) is 6.47. The van der Waals surface area contributed by atoms with Gasteiger partial charge in [0.1, 0.15) is 18.0 Å². The van der Waals surface area contributed by atoms with Crippen LogP contribution in [0, 0.1) is 5.82 Å². The number of benzene rings is 2. The Kier molecular flexibility index (Phi) is 5.13. The zero-order valence-corrected chi connectivity index (χ0v) is 15.2. The number of rotatable bonds is 5. The van der Waals surface area contributed by atoms with Gasteiger partial charge in [-0.1, -0.05) is 12.1 Å². The lowest BCUT2D eigenvalue weighted by Gasteiger charge is -2.18. The molecule has 2 N–H and O–H groups in total. The lowest BCUT2D eigenvalue weighted by Crippen LogP contribution is -2.30. The molecule has 28 heavy (non-hydrogen) atoms. The molecular formula is C17H16F4N2O4S. The zero-order chi connectivity index (χ0) is 20.7. The number of fused-ring (bicyclic) bond motifs is 1. The summed E-state index contributed by atoms with van der Waals surface area (Å²) >= 11 is 0. The van der Waals surface area contributed by atoms with Gasteiger partial charge in [-0.2, -0.15) is 21.6 Å². The van der Waals surface area contributed by atoms with Gasteiger partial charge in [-0.15, -0.1) is 0 Å². The van der Waals surface area contributed by atoms with E-state index in [9.17, 15) is 31.5 Å². The second-order valence-corrected chi connectivity index (χ2v) is 8.07. The average Bonchev–Trinajstić information content (AvgIpc) is 2.83. The highest BCUT2D eigenvalue weighted by Gasteiger charge is 2.37. The van der Waals surface area contributed by atoms with Crippen LogP contribution in [0.3, 0.4) is 0 Å². The fourth-order valence-corrected chi connectivity index (χ4v) is 4.23. The highest BCUT2D eigenvalue weighted by molar-refractivity contribution is 7.92. The monoisotopic (exact) mass is 420 g/mol. The molecule has 152 valence electrons. The summed E-state index contributed by atoms with van der Waals surface area (Å²) in [5, 5.41) is 10.4. The topological polar surface area (TPSA) is 86.7 Å². The lowest BCUT2D eigenvalue weighted by molar-refractivity contribution is -0.135. The number of amides is 1. The normalized spacial score (nSPS) is 16.6. The molecule has 0 aliphatic carbocycles. The number of unbranched alkanes of at least 4 members (excludes halogenated alkanes) is 1. The molecule has 0 radical (unpaired) electrons. The van der Waals surface area contributed by atoms with E-state index in [-0.39, 0.29) is 30.0 Å². The van der Waals surface area contributed by atoms with Crippen molar-refractivity contribution in [2.45, 2.75) is 31.9 Å². The van der Waals surface area contributed by atoms with E-state index in [2.05, 4.69) is 0 Å². The Morgan fingerprint density at radius 2 is 1.89 bits per heavy atom. The number of alkyl halides is 3. The molecule has 0 aromatic heterocycles. The van der Waals surface area contributed by atoms with Gasteiger partial charge in [0.15, 0.2) is 5.82 Å². The summed E-state index contributed by atoms with van der Waals surface area (Å²) in [6.07, 6.45) is -4.67. The number of carbonyl (C=O) groups is 1. The molecule has 3 rings (SSSR count). The number of phenolic OH excluding ortho intramolecular Hbond substituents is 1. The SMILES string of the molecule is O=C1CN(c2c(O)cc3ccc(CCCCC(F)(F)F)cc3c2F)S(=O)(=O)N1. The van der Waals surface area contributed by atoms with Crippen molar-refractivity contribution < 1.29 is 35.9 Å². The highest BCUT2D eigenvalue weighted by atomic mass is 32.2. The van der Waals surface area contributed by atoms with Crippen LogP contribution in [-0.2, 0) is 21.4 Å². The van der Waals surface area contributed by atoms with Crippen LogP contribution >= 0.6 is 0 Å². The molecule has 0 saturated carbocycles. The number of carbonyl (C=O) groups excluding carboxylic acids is 1. The fraction of sp³-hybridized carbons (Fsp3) is 0.353. The average molecular weight is 420 g/mol. The number of nitrogens with one attached hydrogen (secondary N) is 1. The number of nitrogens with zero attached hydrogens (tertiary/aromatic N) is 1. The summed E-state index contributed by atoms with van der Waals surface area (Å²) < 4.78 is 77.7. The molecule has 0 atom stereocenters. The molecule has 0 unspecified atom stereocenters. The van der Waals surface area contributed by atoms with Gasteiger partial charge in [-0.3, -0.25) is 4.79 Å². The Balaban J connectivity index is 1.92. The summed E-state index contributed by atoms with van der Waals surface area (Å²) in [4.78, 5) is 11.4. The number of phenols is 1. The molecule has 11 heteroatoms. The Labute approximate surface area is 157 Å². The molecule has 1 aliphatic heterocycles. The van der Waals surface area contributed by atoms with Crippen molar-refractivity contribution in [3.63, 3.8) is 0 Å². The van der Waals surface area contributed by atoms with Gasteiger partial charge < -0.3 is 5.11 Å². The van der Waals surface area contributed by atoms with Crippen LogP contribution in [0.5, 0.6) is 5.75 Å². The van der Waals surface area contributed by atoms with E-state index in [1.165, 1.54) is 18.2 Å². The summed E-state index contributed by atoms with van der Waals surface area (Å²) in [7, 11) is -4.32. The van der Waals surface area contributed by atoms with Gasteiger partial charge in [0.2, 0.25) is 0 Å². The Morgan fingerprint density at radius 1 is 1.18 bits per heavy atom. The molecule has 1 saturated heterocycles. The number of anilines is 1. The summed E-state index contributed by atoms with van der Waals surface area (Å²) in [5.74, 6) is -2.55. The first-order valence-electron chi connectivity index (χ1n) is 8.32. The van der Waals surface area contributed by atoms with Crippen molar-refractivity contribution in [2.75, 3.05) is 10.8 Å². The maximum atomic E-state index is 15.0. The van der Waals surface area contributed by atoms with Gasteiger partial charge in [0, 0.05) is 11.8 Å². The third-order valence-corrected chi connectivity index (χ3v) is 5.72. The van der Waals surface area contributed by atoms with Gasteiger partial charge >= 0.3 is 16.4 Å². The van der Waals surface area contributed by atoms with Crippen LogP contribution in [0.1, 0.15) is 24.8 Å². The number of halogens is 4. The van der Waals surface area contributed by atoms with E-state index < -0.39 is 52.5 Å². The maximum absolute atomic E-state index is 15.0. The number of aromatic hydroxyl groups is 1. The molecule has 0 spiro atoms. The van der Waals surface area contributed by atoms with E-state index in [0.29, 0.717) is 9.87 Å². The predicted octanol–water partition coefficient (Wildman–Crippen LogP) is 3.14. The van der Waals surface area contributed by atoms with Crippen molar-refractivity contribution in [3.8, 4) is 5.75 Å². The van der Waals surface area contributed by atoms with Crippen LogP contribution in [0.4, 0.5) is 23.2 Å². The number of hydrogen-bond donors (Lipinski definition) is 2. The van der Waals surface area contributed by atoms with E-state index in [4.69, 9.17) is 0 Å². The van der Waals surface area contributed by atoms with E-state index in [0.717, 1.165) is 0 Å². The van der Waals surface area contributed by atoms with E-state index in [1.54, 1.807) is 10.8 Å². The van der Waals surface area contributed by atoms with E-state index >= 15 is 4.39 Å². The molecule has 6 nitrogen and oxygen atoms in total. The van der Waals surface area contributed by atoms with Gasteiger partial charge in [0.25, 0.3) is 5.91 Å². The van der Waals surface area contributed by atoms with Crippen molar-refractivity contribution in [1.82, 2.24) is 4.72 Å². The second kappa shape index (κ2) is 7.12. The number of aryl methyl sites for hydroxylation is 1. The minimum absolute atomic E-state index is 0.00401. The Morgan fingerprint density at radius 3 is 2.50 bits per heavy atom. The molecule has 0 bridgehead atoms. The third-order valence-electron chi connectivity index (χ3n) is 4.34. The molecule has 1 aliphatic rings. The van der Waals surface area contributed by atoms with Crippen molar-refractivity contribution in [1.29, 1.82) is 0 Å². The quantitative estimate of drug-likeness (QED) is 0.575. The molecule has 1 amide bonds. The highest BCUT2D eigenvalue weighted by Crippen LogP contribution is 2.38. The van der Waals surface area contributed by atoms with Crippen molar-refractivity contribution >= 4 is 32.6 Å². The predicted molar refractivity (Wildman–Crippen MR) is 93.6 cm³/mol.